The van der Waals surface area contributed by atoms with Crippen molar-refractivity contribution in [1.29, 1.82) is 0 Å². The highest BCUT2D eigenvalue weighted by molar-refractivity contribution is 7.80. The normalized spacial score (nSPS) is 9.93. The maximum Gasteiger partial charge on any atom is 0.311 e. The molecule has 0 radical (unpaired) electrons. The van der Waals surface area contributed by atoms with Crippen molar-refractivity contribution in [2.45, 2.75) is 13.5 Å². The van der Waals surface area contributed by atoms with Gasteiger partial charge in [-0.1, -0.05) is 12.1 Å². The van der Waals surface area contributed by atoms with E-state index in [1.165, 1.54) is 12.1 Å². The first-order chi connectivity index (χ1) is 13.4. The van der Waals surface area contributed by atoms with Crippen molar-refractivity contribution in [3.63, 3.8) is 0 Å². The Labute approximate surface area is 167 Å². The summed E-state index contributed by atoms with van der Waals surface area (Å²) in [4.78, 5) is 22.7. The van der Waals surface area contributed by atoms with E-state index < -0.39 is 10.8 Å². The molecule has 0 aliphatic rings. The summed E-state index contributed by atoms with van der Waals surface area (Å²) in [5.41, 5.74) is 5.74. The molecule has 0 fully saturated rings. The highest BCUT2D eigenvalue weighted by Gasteiger charge is 2.18. The van der Waals surface area contributed by atoms with Crippen LogP contribution in [0.15, 0.2) is 42.5 Å². The third kappa shape index (κ3) is 5.81. The number of benzene rings is 2. The van der Waals surface area contributed by atoms with Crippen LogP contribution in [0.4, 0.5) is 5.69 Å². The summed E-state index contributed by atoms with van der Waals surface area (Å²) < 4.78 is 10.3. The Bertz CT molecular complexity index is 858. The number of nitro groups is 1. The lowest BCUT2D eigenvalue weighted by molar-refractivity contribution is -0.385. The van der Waals surface area contributed by atoms with Crippen LogP contribution in [0.2, 0.25) is 0 Å². The number of amides is 1. The highest BCUT2D eigenvalue weighted by atomic mass is 32.1. The van der Waals surface area contributed by atoms with Gasteiger partial charge in [-0.15, -0.1) is 0 Å². The van der Waals surface area contributed by atoms with Gasteiger partial charge in [-0.25, -0.2) is 0 Å². The van der Waals surface area contributed by atoms with Gasteiger partial charge in [0.05, 0.1) is 18.6 Å². The number of rotatable bonds is 7. The number of ether oxygens (including phenoxy) is 2. The van der Waals surface area contributed by atoms with Crippen molar-refractivity contribution in [3.05, 3.63) is 63.7 Å². The first-order valence-corrected chi connectivity index (χ1v) is 8.73. The molecule has 148 valence electrons. The second-order valence-electron chi connectivity index (χ2n) is 5.48. The molecule has 0 saturated carbocycles. The molecule has 0 bridgehead atoms. The van der Waals surface area contributed by atoms with Crippen molar-refractivity contribution in [2.24, 2.45) is 0 Å². The van der Waals surface area contributed by atoms with E-state index in [0.717, 1.165) is 17.4 Å². The minimum Gasteiger partial charge on any atom is -0.497 e. The zero-order chi connectivity index (χ0) is 20.5. The first kappa shape index (κ1) is 20.9. The molecule has 9 nitrogen and oxygen atoms in total. The van der Waals surface area contributed by atoms with Crippen molar-refractivity contribution in [1.82, 2.24) is 16.2 Å². The summed E-state index contributed by atoms with van der Waals surface area (Å²) in [7, 11) is 1.59. The van der Waals surface area contributed by atoms with Crippen molar-refractivity contribution in [2.75, 3.05) is 13.7 Å². The summed E-state index contributed by atoms with van der Waals surface area (Å²) in [6, 6.07) is 11.4. The number of hydrazine groups is 1. The molecule has 0 aliphatic carbocycles. The first-order valence-electron chi connectivity index (χ1n) is 8.33. The van der Waals surface area contributed by atoms with Gasteiger partial charge in [0.2, 0.25) is 0 Å². The second kappa shape index (κ2) is 10.1. The number of hydrogen-bond acceptors (Lipinski definition) is 6. The fourth-order valence-electron chi connectivity index (χ4n) is 2.23. The van der Waals surface area contributed by atoms with Crippen LogP contribution in [-0.4, -0.2) is 29.7 Å². The van der Waals surface area contributed by atoms with Crippen LogP contribution >= 0.6 is 12.2 Å². The van der Waals surface area contributed by atoms with Crippen LogP contribution < -0.4 is 25.6 Å². The third-order valence-corrected chi connectivity index (χ3v) is 3.87. The topological polar surface area (TPSA) is 115 Å². The summed E-state index contributed by atoms with van der Waals surface area (Å²) in [6.07, 6.45) is 0. The van der Waals surface area contributed by atoms with Crippen LogP contribution in [0.5, 0.6) is 11.5 Å². The van der Waals surface area contributed by atoms with Crippen LogP contribution in [-0.2, 0) is 6.54 Å². The van der Waals surface area contributed by atoms with E-state index in [-0.39, 0.29) is 28.7 Å². The molecule has 2 rings (SSSR count). The van der Waals surface area contributed by atoms with Gasteiger partial charge in [0.1, 0.15) is 5.75 Å². The lowest BCUT2D eigenvalue weighted by Crippen LogP contribution is -2.46. The molecule has 1 amide bonds. The molecule has 0 atom stereocenters. The maximum absolute atomic E-state index is 12.2. The standard InChI is InChI=1S/C18H20N4O5S/c1-3-27-16-9-6-13(10-15(16)22(24)25)17(23)20-21-18(28)19-11-12-4-7-14(26-2)8-5-12/h4-10H,3,11H2,1-2H3,(H,20,23)(H2,19,21,28). The average Bonchev–Trinajstić information content (AvgIpc) is 2.71. The Morgan fingerprint density at radius 1 is 1.18 bits per heavy atom. The van der Waals surface area contributed by atoms with E-state index >= 15 is 0 Å². The second-order valence-corrected chi connectivity index (χ2v) is 5.89. The van der Waals surface area contributed by atoms with E-state index in [2.05, 4.69) is 16.2 Å². The number of carbonyl (C=O) groups excluding carboxylic acids is 1. The van der Waals surface area contributed by atoms with Crippen molar-refractivity contribution < 1.29 is 19.2 Å². The molecule has 28 heavy (non-hydrogen) atoms. The largest absolute Gasteiger partial charge is 0.497 e. The van der Waals surface area contributed by atoms with Crippen LogP contribution in [0, 0.1) is 10.1 Å². The lowest BCUT2D eigenvalue weighted by atomic mass is 10.2. The molecule has 0 aliphatic heterocycles. The summed E-state index contributed by atoms with van der Waals surface area (Å²) in [5, 5.41) is 14.3. The minimum absolute atomic E-state index is 0.0978. The summed E-state index contributed by atoms with van der Waals surface area (Å²) in [6.45, 7) is 2.44. The van der Waals surface area contributed by atoms with E-state index in [4.69, 9.17) is 21.7 Å². The van der Waals surface area contributed by atoms with Crippen LogP contribution in [0.1, 0.15) is 22.8 Å². The monoisotopic (exact) mass is 404 g/mol. The fourth-order valence-corrected chi connectivity index (χ4v) is 2.36. The Kier molecular flexibility index (Phi) is 7.52. The van der Waals surface area contributed by atoms with E-state index in [1.54, 1.807) is 14.0 Å². The van der Waals surface area contributed by atoms with E-state index in [9.17, 15) is 14.9 Å². The number of hydrogen-bond donors (Lipinski definition) is 3. The zero-order valence-corrected chi connectivity index (χ0v) is 16.2. The number of nitrogens with zero attached hydrogens (tertiary/aromatic N) is 1. The van der Waals surface area contributed by atoms with E-state index in [0.29, 0.717) is 6.54 Å². The third-order valence-electron chi connectivity index (χ3n) is 3.62. The molecule has 2 aromatic rings. The predicted octanol–water partition coefficient (Wildman–Crippen LogP) is 2.31. The molecule has 0 heterocycles. The minimum atomic E-state index is -0.601. The Morgan fingerprint density at radius 2 is 1.89 bits per heavy atom. The van der Waals surface area contributed by atoms with Crippen LogP contribution in [0.3, 0.4) is 0 Å². The maximum atomic E-state index is 12.2. The molecule has 3 N–H and O–H groups in total. The Balaban J connectivity index is 1.89. The summed E-state index contributed by atoms with van der Waals surface area (Å²) in [5.74, 6) is 0.287. The molecule has 0 spiro atoms. The van der Waals surface area contributed by atoms with Gasteiger partial charge in [0, 0.05) is 18.2 Å². The number of thiocarbonyl (C=S) groups is 1. The number of methoxy groups -OCH3 is 1. The van der Waals surface area contributed by atoms with Gasteiger partial charge in [-0.05, 0) is 49.0 Å². The number of carbonyl (C=O) groups is 1. The zero-order valence-electron chi connectivity index (χ0n) is 15.4. The molecular weight excluding hydrogens is 384 g/mol. The van der Waals surface area contributed by atoms with Gasteiger partial charge in [-0.2, -0.15) is 0 Å². The molecular formula is C18H20N4O5S. The van der Waals surface area contributed by atoms with Gasteiger partial charge < -0.3 is 14.8 Å². The molecule has 2 aromatic carbocycles. The van der Waals surface area contributed by atoms with Gasteiger partial charge in [0.15, 0.2) is 10.9 Å². The molecule has 10 heteroatoms. The molecule has 0 unspecified atom stereocenters. The Morgan fingerprint density at radius 3 is 2.50 bits per heavy atom. The smallest absolute Gasteiger partial charge is 0.311 e. The van der Waals surface area contributed by atoms with Crippen LogP contribution in [0.25, 0.3) is 0 Å². The van der Waals surface area contributed by atoms with Gasteiger partial charge in [0.25, 0.3) is 5.91 Å². The Hall–Kier alpha value is -3.40. The SMILES string of the molecule is CCOc1ccc(C(=O)NNC(=S)NCc2ccc(OC)cc2)cc1[N+](=O)[O-]. The summed E-state index contributed by atoms with van der Waals surface area (Å²) >= 11 is 5.10. The van der Waals surface area contributed by atoms with E-state index in [1.807, 2.05) is 24.3 Å². The lowest BCUT2D eigenvalue weighted by Gasteiger charge is -2.12. The number of nitrogens with one attached hydrogen (secondary N) is 3. The predicted molar refractivity (Wildman–Crippen MR) is 107 cm³/mol. The number of nitro benzene ring substituents is 1. The quantitative estimate of drug-likeness (QED) is 0.366. The van der Waals surface area contributed by atoms with Gasteiger partial charge >= 0.3 is 5.69 Å². The van der Waals surface area contributed by atoms with Crippen molar-refractivity contribution in [3.8, 4) is 11.5 Å². The average molecular weight is 404 g/mol. The van der Waals surface area contributed by atoms with Crippen molar-refractivity contribution >= 4 is 28.9 Å². The molecule has 0 saturated heterocycles. The highest BCUT2D eigenvalue weighted by Crippen LogP contribution is 2.27. The molecule has 0 aromatic heterocycles. The fraction of sp³-hybridized carbons (Fsp3) is 0.222. The van der Waals surface area contributed by atoms with Gasteiger partial charge in [-0.3, -0.25) is 25.8 Å².